The topological polar surface area (TPSA) is 49.3 Å². The lowest BCUT2D eigenvalue weighted by Crippen LogP contribution is -2.43. The smallest absolute Gasteiger partial charge is 0.274 e. The normalized spacial score (nSPS) is 17.6. The monoisotopic (exact) mass is 310 g/mol. The van der Waals surface area contributed by atoms with Crippen molar-refractivity contribution >= 4 is 11.6 Å². The zero-order valence-corrected chi connectivity index (χ0v) is 13.9. The Kier molecular flexibility index (Phi) is 4.28. The molecule has 120 valence electrons. The maximum atomic E-state index is 13.0. The summed E-state index contributed by atoms with van der Waals surface area (Å²) < 4.78 is 0. The summed E-state index contributed by atoms with van der Waals surface area (Å²) in [6.45, 7) is 5.41. The van der Waals surface area contributed by atoms with Gasteiger partial charge in [-0.2, -0.15) is 0 Å². The summed E-state index contributed by atoms with van der Waals surface area (Å²) in [4.78, 5) is 25.6. The van der Waals surface area contributed by atoms with E-state index in [0.717, 1.165) is 18.7 Å². The van der Waals surface area contributed by atoms with Gasteiger partial charge in [0.2, 0.25) is 0 Å². The van der Waals surface area contributed by atoms with Crippen LogP contribution in [0.25, 0.3) is 0 Å². The van der Waals surface area contributed by atoms with Crippen LogP contribution in [0.15, 0.2) is 36.7 Å². The van der Waals surface area contributed by atoms with Gasteiger partial charge in [-0.1, -0.05) is 25.1 Å². The van der Waals surface area contributed by atoms with E-state index >= 15 is 0 Å². The number of rotatable bonds is 2. The number of amides is 1. The third kappa shape index (κ3) is 3.04. The van der Waals surface area contributed by atoms with Crippen molar-refractivity contribution in [2.45, 2.75) is 32.9 Å². The van der Waals surface area contributed by atoms with Gasteiger partial charge in [0.05, 0.1) is 11.9 Å². The first kappa shape index (κ1) is 15.5. The molecule has 1 amide bonds. The molecule has 0 saturated carbocycles. The van der Waals surface area contributed by atoms with Crippen molar-refractivity contribution in [1.82, 2.24) is 14.9 Å². The van der Waals surface area contributed by atoms with Crippen LogP contribution in [0.1, 0.15) is 35.1 Å². The van der Waals surface area contributed by atoms with Gasteiger partial charge >= 0.3 is 0 Å². The van der Waals surface area contributed by atoms with Crippen LogP contribution in [0.3, 0.4) is 0 Å². The molecule has 0 saturated heterocycles. The number of hydrogen-bond donors (Lipinski definition) is 0. The zero-order chi connectivity index (χ0) is 16.4. The predicted octanol–water partition coefficient (Wildman–Crippen LogP) is 2.66. The Morgan fingerprint density at radius 2 is 2.04 bits per heavy atom. The van der Waals surface area contributed by atoms with Crippen LogP contribution in [-0.4, -0.2) is 40.4 Å². The molecular formula is C18H22N4O. The number of para-hydroxylation sites is 1. The standard InChI is InChI=1S/C18H22N4O/c1-4-15-12-21(3)17-8-6-5-7-14(17)11-22(15)18(23)16-10-19-13(2)9-20-16/h5-10,15H,4,11-12H2,1-3H3/t15-/m1/s1. The minimum atomic E-state index is -0.0468. The van der Waals surface area contributed by atoms with Gasteiger partial charge in [0.1, 0.15) is 5.69 Å². The number of benzene rings is 1. The molecule has 1 aromatic carbocycles. The van der Waals surface area contributed by atoms with Crippen LogP contribution in [0.5, 0.6) is 0 Å². The number of carbonyl (C=O) groups is 1. The highest BCUT2D eigenvalue weighted by molar-refractivity contribution is 5.92. The van der Waals surface area contributed by atoms with Gasteiger partial charge in [-0.25, -0.2) is 4.98 Å². The van der Waals surface area contributed by atoms with Gasteiger partial charge in [-0.15, -0.1) is 0 Å². The fourth-order valence-electron chi connectivity index (χ4n) is 3.08. The zero-order valence-electron chi connectivity index (χ0n) is 13.9. The van der Waals surface area contributed by atoms with E-state index in [1.54, 1.807) is 12.4 Å². The highest BCUT2D eigenvalue weighted by atomic mass is 16.2. The van der Waals surface area contributed by atoms with Crippen LogP contribution in [0, 0.1) is 6.92 Å². The number of anilines is 1. The fraction of sp³-hybridized carbons (Fsp3) is 0.389. The molecule has 5 heteroatoms. The van der Waals surface area contributed by atoms with E-state index in [1.165, 1.54) is 11.3 Å². The average Bonchev–Trinajstić information content (AvgIpc) is 2.72. The van der Waals surface area contributed by atoms with E-state index < -0.39 is 0 Å². The van der Waals surface area contributed by atoms with Crippen molar-refractivity contribution in [2.75, 3.05) is 18.5 Å². The van der Waals surface area contributed by atoms with Crippen LogP contribution in [0.2, 0.25) is 0 Å². The van der Waals surface area contributed by atoms with Crippen LogP contribution >= 0.6 is 0 Å². The molecule has 5 nitrogen and oxygen atoms in total. The van der Waals surface area contributed by atoms with Crippen LogP contribution in [0.4, 0.5) is 5.69 Å². The first-order valence-corrected chi connectivity index (χ1v) is 7.98. The van der Waals surface area contributed by atoms with Crippen molar-refractivity contribution in [1.29, 1.82) is 0 Å². The van der Waals surface area contributed by atoms with Gasteiger partial charge in [0.25, 0.3) is 5.91 Å². The lowest BCUT2D eigenvalue weighted by molar-refractivity contribution is 0.0661. The number of carbonyl (C=O) groups excluding carboxylic acids is 1. The van der Waals surface area contributed by atoms with Gasteiger partial charge in [0, 0.05) is 38.1 Å². The molecule has 0 bridgehead atoms. The highest BCUT2D eigenvalue weighted by Crippen LogP contribution is 2.27. The van der Waals surface area contributed by atoms with E-state index in [1.807, 2.05) is 24.0 Å². The van der Waals surface area contributed by atoms with E-state index in [-0.39, 0.29) is 11.9 Å². The Labute approximate surface area is 137 Å². The van der Waals surface area contributed by atoms with Crippen molar-refractivity contribution in [3.63, 3.8) is 0 Å². The predicted molar refractivity (Wildman–Crippen MR) is 90.4 cm³/mol. The molecule has 0 spiro atoms. The third-order valence-electron chi connectivity index (χ3n) is 4.40. The number of hydrogen-bond acceptors (Lipinski definition) is 4. The summed E-state index contributed by atoms with van der Waals surface area (Å²) in [5, 5.41) is 0. The molecule has 2 heterocycles. The van der Waals surface area contributed by atoms with Crippen molar-refractivity contribution in [2.24, 2.45) is 0 Å². The number of aromatic nitrogens is 2. The fourth-order valence-corrected chi connectivity index (χ4v) is 3.08. The SMILES string of the molecule is CC[C@@H]1CN(C)c2ccccc2CN1C(=O)c1cnc(C)cn1. The van der Waals surface area contributed by atoms with Gasteiger partial charge in [0.15, 0.2) is 0 Å². The third-order valence-corrected chi connectivity index (χ3v) is 4.40. The molecule has 0 N–H and O–H groups in total. The lowest BCUT2D eigenvalue weighted by Gasteiger charge is -2.30. The molecule has 1 atom stereocenters. The van der Waals surface area contributed by atoms with Crippen molar-refractivity contribution in [3.05, 3.63) is 53.6 Å². The molecule has 2 aromatic rings. The summed E-state index contributed by atoms with van der Waals surface area (Å²) in [6.07, 6.45) is 4.13. The van der Waals surface area contributed by atoms with Gasteiger partial charge < -0.3 is 9.80 Å². The molecule has 1 aliphatic heterocycles. The molecule has 1 aliphatic rings. The Hall–Kier alpha value is -2.43. The quantitative estimate of drug-likeness (QED) is 0.855. The summed E-state index contributed by atoms with van der Waals surface area (Å²) >= 11 is 0. The van der Waals surface area contributed by atoms with Crippen molar-refractivity contribution in [3.8, 4) is 0 Å². The summed E-state index contributed by atoms with van der Waals surface area (Å²) in [6, 6.07) is 8.42. The second kappa shape index (κ2) is 6.36. The molecule has 0 aliphatic carbocycles. The summed E-state index contributed by atoms with van der Waals surface area (Å²) in [5.41, 5.74) is 3.58. The minimum Gasteiger partial charge on any atom is -0.372 e. The maximum Gasteiger partial charge on any atom is 0.274 e. The van der Waals surface area contributed by atoms with Crippen molar-refractivity contribution < 1.29 is 4.79 Å². The summed E-state index contributed by atoms with van der Waals surface area (Å²) in [7, 11) is 2.08. The Bertz CT molecular complexity index is 698. The average molecular weight is 310 g/mol. The van der Waals surface area contributed by atoms with E-state index in [4.69, 9.17) is 0 Å². The van der Waals surface area contributed by atoms with Gasteiger partial charge in [-0.3, -0.25) is 9.78 Å². The number of fused-ring (bicyclic) bond motifs is 1. The number of likely N-dealkylation sites (N-methyl/N-ethyl adjacent to an activating group) is 1. The second-order valence-corrected chi connectivity index (χ2v) is 6.05. The first-order chi connectivity index (χ1) is 11.1. The summed E-state index contributed by atoms with van der Waals surface area (Å²) in [5.74, 6) is -0.0468. The van der Waals surface area contributed by atoms with Gasteiger partial charge in [-0.05, 0) is 25.0 Å². The molecule has 0 fully saturated rings. The van der Waals surface area contributed by atoms with E-state index in [2.05, 4.69) is 41.0 Å². The highest BCUT2D eigenvalue weighted by Gasteiger charge is 2.29. The maximum absolute atomic E-state index is 13.0. The first-order valence-electron chi connectivity index (χ1n) is 7.98. The number of nitrogens with zero attached hydrogens (tertiary/aromatic N) is 4. The number of aryl methyl sites for hydroxylation is 1. The molecule has 0 unspecified atom stereocenters. The lowest BCUT2D eigenvalue weighted by atomic mass is 10.1. The van der Waals surface area contributed by atoms with Crippen LogP contribution < -0.4 is 4.90 Å². The molecule has 1 aromatic heterocycles. The minimum absolute atomic E-state index is 0.0468. The molecule has 3 rings (SSSR count). The Morgan fingerprint density at radius 1 is 1.26 bits per heavy atom. The Balaban J connectivity index is 1.96. The van der Waals surface area contributed by atoms with E-state index in [0.29, 0.717) is 12.2 Å². The molecule has 23 heavy (non-hydrogen) atoms. The molecular weight excluding hydrogens is 288 g/mol. The largest absolute Gasteiger partial charge is 0.372 e. The second-order valence-electron chi connectivity index (χ2n) is 6.05. The van der Waals surface area contributed by atoms with Crippen LogP contribution in [-0.2, 0) is 6.54 Å². The molecule has 0 radical (unpaired) electrons. The Morgan fingerprint density at radius 3 is 2.74 bits per heavy atom. The van der Waals surface area contributed by atoms with E-state index in [9.17, 15) is 4.79 Å².